The number of fused-ring (bicyclic) bond motifs is 1. The van der Waals surface area contributed by atoms with Crippen LogP contribution in [0.5, 0.6) is 0 Å². The highest BCUT2D eigenvalue weighted by Gasteiger charge is 2.46. The quantitative estimate of drug-likeness (QED) is 0.773. The van der Waals surface area contributed by atoms with Crippen LogP contribution in [0.4, 0.5) is 0 Å². The Morgan fingerprint density at radius 3 is 2.76 bits per heavy atom. The third-order valence-corrected chi connectivity index (χ3v) is 4.89. The van der Waals surface area contributed by atoms with Gasteiger partial charge in [-0.1, -0.05) is 0 Å². The number of nitrogens with zero attached hydrogens (tertiary/aromatic N) is 1. The van der Waals surface area contributed by atoms with Crippen LogP contribution < -0.4 is 5.73 Å². The summed E-state index contributed by atoms with van der Waals surface area (Å²) in [6, 6.07) is 0.616. The van der Waals surface area contributed by atoms with Crippen molar-refractivity contribution in [3.8, 4) is 0 Å². The lowest BCUT2D eigenvalue weighted by molar-refractivity contribution is -0.122. The number of ether oxygens (including phenoxy) is 2. The summed E-state index contributed by atoms with van der Waals surface area (Å²) in [7, 11) is 0. The van der Waals surface area contributed by atoms with Gasteiger partial charge in [-0.3, -0.25) is 4.90 Å². The fraction of sp³-hybridized carbons (Fsp3) is 1.00. The second-order valence-electron chi connectivity index (χ2n) is 5.64. The Kier molecular flexibility index (Phi) is 3.39. The minimum atomic E-state index is 0.190. The van der Waals surface area contributed by atoms with Crippen molar-refractivity contribution in [3.05, 3.63) is 0 Å². The van der Waals surface area contributed by atoms with Crippen molar-refractivity contribution in [2.24, 2.45) is 5.73 Å². The summed E-state index contributed by atoms with van der Waals surface area (Å²) in [6.45, 7) is 4.43. The lowest BCUT2D eigenvalue weighted by Gasteiger charge is -2.52. The van der Waals surface area contributed by atoms with E-state index in [-0.39, 0.29) is 5.54 Å². The molecular formula is C13H24N2O2. The van der Waals surface area contributed by atoms with Gasteiger partial charge in [-0.25, -0.2) is 0 Å². The van der Waals surface area contributed by atoms with Gasteiger partial charge in [0.1, 0.15) is 0 Å². The van der Waals surface area contributed by atoms with Gasteiger partial charge in [0.05, 0.1) is 12.7 Å². The molecule has 0 amide bonds. The first-order valence-electron chi connectivity index (χ1n) is 7.02. The van der Waals surface area contributed by atoms with Crippen molar-refractivity contribution in [2.75, 3.05) is 32.9 Å². The molecular weight excluding hydrogens is 216 g/mol. The molecule has 1 aliphatic carbocycles. The van der Waals surface area contributed by atoms with Gasteiger partial charge in [0.15, 0.2) is 0 Å². The van der Waals surface area contributed by atoms with Gasteiger partial charge >= 0.3 is 0 Å². The van der Waals surface area contributed by atoms with Crippen molar-refractivity contribution in [1.82, 2.24) is 4.90 Å². The van der Waals surface area contributed by atoms with Gasteiger partial charge in [-0.2, -0.15) is 0 Å². The zero-order chi connectivity index (χ0) is 11.7. The molecule has 3 rings (SSSR count). The molecule has 98 valence electrons. The molecule has 1 saturated carbocycles. The minimum Gasteiger partial charge on any atom is -0.381 e. The van der Waals surface area contributed by atoms with Crippen LogP contribution in [0.1, 0.15) is 32.1 Å². The molecule has 0 radical (unpaired) electrons. The molecule has 0 spiro atoms. The van der Waals surface area contributed by atoms with Gasteiger partial charge in [-0.05, 0) is 32.1 Å². The number of hydrogen-bond donors (Lipinski definition) is 1. The molecule has 17 heavy (non-hydrogen) atoms. The van der Waals surface area contributed by atoms with E-state index in [0.717, 1.165) is 45.8 Å². The van der Waals surface area contributed by atoms with Crippen molar-refractivity contribution >= 4 is 0 Å². The molecule has 2 unspecified atom stereocenters. The molecule has 0 bridgehead atoms. The second kappa shape index (κ2) is 4.84. The summed E-state index contributed by atoms with van der Waals surface area (Å²) in [4.78, 5) is 2.68. The summed E-state index contributed by atoms with van der Waals surface area (Å²) in [6.07, 6.45) is 6.48. The van der Waals surface area contributed by atoms with Crippen LogP contribution in [0.15, 0.2) is 0 Å². The van der Waals surface area contributed by atoms with Crippen LogP contribution in [0.25, 0.3) is 0 Å². The highest BCUT2D eigenvalue weighted by molar-refractivity contribution is 5.01. The lowest BCUT2D eigenvalue weighted by Crippen LogP contribution is -2.64. The first-order chi connectivity index (χ1) is 8.36. The van der Waals surface area contributed by atoms with E-state index in [0.29, 0.717) is 12.1 Å². The molecule has 3 aliphatic rings. The smallest absolute Gasteiger partial charge is 0.0731 e. The van der Waals surface area contributed by atoms with E-state index < -0.39 is 0 Å². The van der Waals surface area contributed by atoms with Crippen molar-refractivity contribution in [3.63, 3.8) is 0 Å². The van der Waals surface area contributed by atoms with Gasteiger partial charge < -0.3 is 15.2 Å². The van der Waals surface area contributed by atoms with Crippen molar-refractivity contribution in [2.45, 2.75) is 49.8 Å². The molecule has 3 fully saturated rings. The summed E-state index contributed by atoms with van der Waals surface area (Å²) in [5.74, 6) is 0. The monoisotopic (exact) mass is 240 g/mol. The summed E-state index contributed by atoms with van der Waals surface area (Å²) in [5, 5.41) is 0. The average Bonchev–Trinajstić information content (AvgIpc) is 2.87. The van der Waals surface area contributed by atoms with Crippen LogP contribution in [-0.4, -0.2) is 55.5 Å². The lowest BCUT2D eigenvalue weighted by atomic mass is 9.85. The van der Waals surface area contributed by atoms with Crippen LogP contribution in [-0.2, 0) is 9.47 Å². The Morgan fingerprint density at radius 1 is 1.18 bits per heavy atom. The SMILES string of the molecule is NCC1(N2CCOC3CCCC32)CCOCC1. The normalized spacial score (nSPS) is 37.9. The van der Waals surface area contributed by atoms with E-state index in [1.807, 2.05) is 0 Å². The fourth-order valence-electron chi connectivity index (χ4n) is 3.87. The number of rotatable bonds is 2. The summed E-state index contributed by atoms with van der Waals surface area (Å²) in [5.41, 5.74) is 6.30. The van der Waals surface area contributed by atoms with E-state index in [9.17, 15) is 0 Å². The summed E-state index contributed by atoms with van der Waals surface area (Å²) < 4.78 is 11.4. The predicted molar refractivity (Wildman–Crippen MR) is 65.9 cm³/mol. The van der Waals surface area contributed by atoms with Gasteiger partial charge in [-0.15, -0.1) is 0 Å². The van der Waals surface area contributed by atoms with E-state index >= 15 is 0 Å². The number of nitrogens with two attached hydrogens (primary N) is 1. The average molecular weight is 240 g/mol. The van der Waals surface area contributed by atoms with E-state index in [4.69, 9.17) is 15.2 Å². The Bertz CT molecular complexity index is 266. The number of morpholine rings is 1. The van der Waals surface area contributed by atoms with Crippen LogP contribution in [0.3, 0.4) is 0 Å². The standard InChI is InChI=1S/C13H24N2O2/c14-10-13(4-7-16-8-5-13)15-6-9-17-12-3-1-2-11(12)15/h11-12H,1-10,14H2. The van der Waals surface area contributed by atoms with E-state index in [1.54, 1.807) is 0 Å². The predicted octanol–water partition coefficient (Wildman–Crippen LogP) is 0.748. The molecule has 0 aromatic heterocycles. The third-order valence-electron chi connectivity index (χ3n) is 4.89. The molecule has 4 heteroatoms. The molecule has 2 N–H and O–H groups in total. The Labute approximate surface area is 103 Å². The van der Waals surface area contributed by atoms with E-state index in [2.05, 4.69) is 4.90 Å². The third kappa shape index (κ3) is 2.01. The minimum absolute atomic E-state index is 0.190. The molecule has 2 atom stereocenters. The Hall–Kier alpha value is -0.160. The van der Waals surface area contributed by atoms with Crippen molar-refractivity contribution in [1.29, 1.82) is 0 Å². The molecule has 2 aliphatic heterocycles. The molecule has 2 saturated heterocycles. The first kappa shape index (κ1) is 11.9. The van der Waals surface area contributed by atoms with E-state index in [1.165, 1.54) is 19.3 Å². The van der Waals surface area contributed by atoms with Crippen LogP contribution in [0.2, 0.25) is 0 Å². The second-order valence-corrected chi connectivity index (χ2v) is 5.64. The van der Waals surface area contributed by atoms with Crippen molar-refractivity contribution < 1.29 is 9.47 Å². The topological polar surface area (TPSA) is 47.7 Å². The Balaban J connectivity index is 1.79. The van der Waals surface area contributed by atoms with Crippen LogP contribution in [0, 0.1) is 0 Å². The highest BCUT2D eigenvalue weighted by atomic mass is 16.5. The largest absolute Gasteiger partial charge is 0.381 e. The number of hydrogen-bond acceptors (Lipinski definition) is 4. The highest BCUT2D eigenvalue weighted by Crippen LogP contribution is 2.37. The van der Waals surface area contributed by atoms with Gasteiger partial charge in [0.25, 0.3) is 0 Å². The van der Waals surface area contributed by atoms with Gasteiger partial charge in [0, 0.05) is 37.9 Å². The zero-order valence-electron chi connectivity index (χ0n) is 10.6. The molecule has 0 aromatic rings. The van der Waals surface area contributed by atoms with Crippen LogP contribution >= 0.6 is 0 Å². The maximum atomic E-state index is 6.11. The molecule has 2 heterocycles. The fourth-order valence-corrected chi connectivity index (χ4v) is 3.87. The maximum Gasteiger partial charge on any atom is 0.0731 e. The Morgan fingerprint density at radius 2 is 2.00 bits per heavy atom. The molecule has 0 aromatic carbocycles. The zero-order valence-corrected chi connectivity index (χ0v) is 10.6. The summed E-state index contributed by atoms with van der Waals surface area (Å²) >= 11 is 0. The first-order valence-corrected chi connectivity index (χ1v) is 7.02. The van der Waals surface area contributed by atoms with Gasteiger partial charge in [0.2, 0.25) is 0 Å². The maximum absolute atomic E-state index is 6.11. The molecule has 4 nitrogen and oxygen atoms in total.